The van der Waals surface area contributed by atoms with Crippen molar-refractivity contribution in [3.63, 3.8) is 0 Å². The van der Waals surface area contributed by atoms with Gasteiger partial charge in [0.1, 0.15) is 17.6 Å². The van der Waals surface area contributed by atoms with E-state index < -0.39 is 0 Å². The second-order valence-corrected chi connectivity index (χ2v) is 4.85. The van der Waals surface area contributed by atoms with Crippen LogP contribution in [0.4, 0.5) is 0 Å². The maximum absolute atomic E-state index is 12.1. The molecule has 1 aromatic carbocycles. The quantitative estimate of drug-likeness (QED) is 0.826. The van der Waals surface area contributed by atoms with Gasteiger partial charge in [-0.2, -0.15) is 0 Å². The summed E-state index contributed by atoms with van der Waals surface area (Å²) in [6, 6.07) is 7.28. The zero-order chi connectivity index (χ0) is 14.1. The Kier molecular flexibility index (Phi) is 3.14. The summed E-state index contributed by atoms with van der Waals surface area (Å²) in [6.45, 7) is 0. The lowest BCUT2D eigenvalue weighted by Gasteiger charge is -2.31. The van der Waals surface area contributed by atoms with Crippen molar-refractivity contribution >= 4 is 17.3 Å². The van der Waals surface area contributed by atoms with Gasteiger partial charge < -0.3 is 9.47 Å². The Bertz CT molecular complexity index is 610. The van der Waals surface area contributed by atoms with E-state index in [0.717, 1.165) is 11.3 Å². The van der Waals surface area contributed by atoms with E-state index in [1.165, 1.54) is 12.2 Å². The average molecular weight is 270 g/mol. The fourth-order valence-electron chi connectivity index (χ4n) is 2.45. The van der Waals surface area contributed by atoms with E-state index in [9.17, 15) is 9.59 Å². The number of carbonyl (C=O) groups is 2. The topological polar surface area (TPSA) is 52.6 Å². The number of methoxy groups -OCH3 is 1. The predicted octanol–water partition coefficient (Wildman–Crippen LogP) is 2.15. The van der Waals surface area contributed by atoms with Crippen molar-refractivity contribution in [2.75, 3.05) is 7.11 Å². The minimum Gasteiger partial charge on any atom is -0.497 e. The zero-order valence-electron chi connectivity index (χ0n) is 11.0. The molecule has 1 heterocycles. The number of carbonyl (C=O) groups excluding carboxylic acids is 2. The molecule has 0 radical (unpaired) electrons. The van der Waals surface area contributed by atoms with Crippen molar-refractivity contribution in [2.45, 2.75) is 12.5 Å². The Morgan fingerprint density at radius 1 is 1.20 bits per heavy atom. The number of ketones is 2. The summed E-state index contributed by atoms with van der Waals surface area (Å²) in [7, 11) is 1.60. The summed E-state index contributed by atoms with van der Waals surface area (Å²) in [4.78, 5) is 23.5. The van der Waals surface area contributed by atoms with Crippen molar-refractivity contribution in [3.05, 3.63) is 48.1 Å². The van der Waals surface area contributed by atoms with Gasteiger partial charge in [-0.15, -0.1) is 0 Å². The molecule has 102 valence electrons. The third-order valence-corrected chi connectivity index (χ3v) is 3.55. The Labute approximate surface area is 116 Å². The van der Waals surface area contributed by atoms with Crippen LogP contribution < -0.4 is 4.74 Å². The highest BCUT2D eigenvalue weighted by Crippen LogP contribution is 2.32. The lowest BCUT2D eigenvalue weighted by atomic mass is 9.86. The van der Waals surface area contributed by atoms with E-state index in [1.54, 1.807) is 13.2 Å². The van der Waals surface area contributed by atoms with Gasteiger partial charge in [0.25, 0.3) is 0 Å². The van der Waals surface area contributed by atoms with E-state index in [4.69, 9.17) is 9.47 Å². The van der Waals surface area contributed by atoms with E-state index in [2.05, 4.69) is 0 Å². The van der Waals surface area contributed by atoms with Crippen molar-refractivity contribution < 1.29 is 19.1 Å². The van der Waals surface area contributed by atoms with Crippen LogP contribution in [0, 0.1) is 5.92 Å². The molecule has 20 heavy (non-hydrogen) atoms. The Hall–Kier alpha value is -2.36. The van der Waals surface area contributed by atoms with E-state index in [-0.39, 0.29) is 30.0 Å². The Morgan fingerprint density at radius 2 is 1.95 bits per heavy atom. The summed E-state index contributed by atoms with van der Waals surface area (Å²) in [5, 5.41) is 0. The second kappa shape index (κ2) is 4.96. The molecule has 0 spiro atoms. The molecule has 3 rings (SSSR count). The van der Waals surface area contributed by atoms with E-state index in [0.29, 0.717) is 5.76 Å². The van der Waals surface area contributed by atoms with Gasteiger partial charge in [-0.25, -0.2) is 0 Å². The standard InChI is InChI=1S/C16H14O4/c1-19-12-5-2-10(3-6-12)15-9-14(18)13-7-4-11(17)8-16(13)20-15/h2-7,9,13,16H,8H2,1H3/t13-,16-/m0/s1. The number of benzene rings is 1. The van der Waals surface area contributed by atoms with E-state index in [1.807, 2.05) is 24.3 Å². The molecule has 0 unspecified atom stereocenters. The molecule has 0 saturated carbocycles. The molecule has 4 heteroatoms. The third-order valence-electron chi connectivity index (χ3n) is 3.55. The maximum Gasteiger partial charge on any atom is 0.169 e. The summed E-state index contributed by atoms with van der Waals surface area (Å²) in [5.74, 6) is 0.896. The summed E-state index contributed by atoms with van der Waals surface area (Å²) < 4.78 is 10.9. The van der Waals surface area contributed by atoms with Gasteiger partial charge in [-0.3, -0.25) is 9.59 Å². The number of rotatable bonds is 2. The number of fused-ring (bicyclic) bond motifs is 1. The Morgan fingerprint density at radius 3 is 2.65 bits per heavy atom. The lowest BCUT2D eigenvalue weighted by molar-refractivity contribution is -0.124. The molecule has 1 aromatic rings. The normalized spacial score (nSPS) is 24.8. The molecule has 4 nitrogen and oxygen atoms in total. The van der Waals surface area contributed by atoms with Gasteiger partial charge in [0.05, 0.1) is 13.0 Å². The molecule has 0 N–H and O–H groups in total. The minimum absolute atomic E-state index is 0.00460. The number of allylic oxidation sites excluding steroid dienone is 2. The molecule has 0 bridgehead atoms. The summed E-state index contributed by atoms with van der Waals surface area (Å²) >= 11 is 0. The molecule has 0 amide bonds. The number of hydrogen-bond donors (Lipinski definition) is 0. The fourth-order valence-corrected chi connectivity index (χ4v) is 2.45. The van der Waals surface area contributed by atoms with Gasteiger partial charge in [-0.1, -0.05) is 6.08 Å². The number of ether oxygens (including phenoxy) is 2. The monoisotopic (exact) mass is 270 g/mol. The molecule has 1 aliphatic carbocycles. The van der Waals surface area contributed by atoms with Crippen molar-refractivity contribution in [2.24, 2.45) is 5.92 Å². The van der Waals surface area contributed by atoms with Gasteiger partial charge >= 0.3 is 0 Å². The van der Waals surface area contributed by atoms with Crippen LogP contribution in [0.25, 0.3) is 5.76 Å². The third kappa shape index (κ3) is 2.25. The van der Waals surface area contributed by atoms with Crippen molar-refractivity contribution in [1.29, 1.82) is 0 Å². The molecular formula is C16H14O4. The Balaban J connectivity index is 1.89. The smallest absolute Gasteiger partial charge is 0.169 e. The largest absolute Gasteiger partial charge is 0.497 e. The first-order valence-electron chi connectivity index (χ1n) is 6.45. The van der Waals surface area contributed by atoms with Crippen LogP contribution in [-0.2, 0) is 14.3 Å². The van der Waals surface area contributed by atoms with Gasteiger partial charge in [0.2, 0.25) is 0 Å². The number of hydrogen-bond acceptors (Lipinski definition) is 4. The highest BCUT2D eigenvalue weighted by atomic mass is 16.5. The van der Waals surface area contributed by atoms with Crippen LogP contribution >= 0.6 is 0 Å². The first kappa shape index (κ1) is 12.7. The highest BCUT2D eigenvalue weighted by molar-refractivity contribution is 6.03. The first-order valence-corrected chi connectivity index (χ1v) is 6.45. The van der Waals surface area contributed by atoms with Crippen LogP contribution in [0.2, 0.25) is 0 Å². The average Bonchev–Trinajstić information content (AvgIpc) is 2.46. The van der Waals surface area contributed by atoms with Crippen molar-refractivity contribution in [3.8, 4) is 5.75 Å². The SMILES string of the molecule is COc1ccc(C2=CC(=O)[C@@H]3C=CC(=O)C[C@@H]3O2)cc1. The molecular weight excluding hydrogens is 256 g/mol. The second-order valence-electron chi connectivity index (χ2n) is 4.85. The predicted molar refractivity (Wildman–Crippen MR) is 73.1 cm³/mol. The van der Waals surface area contributed by atoms with Crippen LogP contribution in [0.5, 0.6) is 5.75 Å². The van der Waals surface area contributed by atoms with Crippen LogP contribution in [0.3, 0.4) is 0 Å². The molecule has 1 aliphatic heterocycles. The molecule has 2 aliphatic rings. The maximum atomic E-state index is 12.1. The first-order chi connectivity index (χ1) is 9.67. The zero-order valence-corrected chi connectivity index (χ0v) is 11.0. The molecule has 0 fully saturated rings. The fraction of sp³-hybridized carbons (Fsp3) is 0.250. The summed E-state index contributed by atoms with van der Waals surface area (Å²) in [6.07, 6.45) is 4.47. The van der Waals surface area contributed by atoms with Gasteiger partial charge in [-0.05, 0) is 30.3 Å². The van der Waals surface area contributed by atoms with Crippen LogP contribution in [0.1, 0.15) is 12.0 Å². The molecule has 0 aromatic heterocycles. The van der Waals surface area contributed by atoms with Crippen LogP contribution in [0.15, 0.2) is 42.5 Å². The van der Waals surface area contributed by atoms with E-state index >= 15 is 0 Å². The van der Waals surface area contributed by atoms with Crippen molar-refractivity contribution in [1.82, 2.24) is 0 Å². The van der Waals surface area contributed by atoms with Gasteiger partial charge in [0.15, 0.2) is 11.6 Å². The van der Waals surface area contributed by atoms with Gasteiger partial charge in [0, 0.05) is 18.1 Å². The lowest BCUT2D eigenvalue weighted by Crippen LogP contribution is -2.36. The molecule has 0 saturated heterocycles. The highest BCUT2D eigenvalue weighted by Gasteiger charge is 2.35. The molecule has 2 atom stereocenters. The minimum atomic E-state index is -0.387. The van der Waals surface area contributed by atoms with Crippen LogP contribution in [-0.4, -0.2) is 24.8 Å². The summed E-state index contributed by atoms with van der Waals surface area (Å²) in [5.41, 5.74) is 0.805.